The van der Waals surface area contributed by atoms with Crippen LogP contribution in [-0.4, -0.2) is 44.9 Å². The van der Waals surface area contributed by atoms with E-state index in [0.29, 0.717) is 5.56 Å². The highest BCUT2D eigenvalue weighted by molar-refractivity contribution is 7.91. The molecular weight excluding hydrogens is 430 g/mol. The lowest BCUT2D eigenvalue weighted by Gasteiger charge is -2.03. The first-order valence-electron chi connectivity index (χ1n) is 8.82. The van der Waals surface area contributed by atoms with Crippen LogP contribution in [0.5, 0.6) is 0 Å². The van der Waals surface area contributed by atoms with Crippen molar-refractivity contribution in [2.24, 2.45) is 0 Å². The molecule has 0 saturated carbocycles. The van der Waals surface area contributed by atoms with Crippen molar-refractivity contribution in [1.82, 2.24) is 10.2 Å². The fourth-order valence-corrected chi connectivity index (χ4v) is 4.46. The first kappa shape index (κ1) is 21.7. The summed E-state index contributed by atoms with van der Waals surface area (Å²) in [6.45, 7) is 0. The van der Waals surface area contributed by atoms with Crippen molar-refractivity contribution >= 4 is 31.6 Å². The summed E-state index contributed by atoms with van der Waals surface area (Å²) in [5.41, 5.74) is 0.605. The summed E-state index contributed by atoms with van der Waals surface area (Å²) < 4.78 is 52.8. The van der Waals surface area contributed by atoms with Crippen LogP contribution < -0.4 is 5.32 Å². The fraction of sp³-hybridized carbons (Fsp3) is 0.211. The summed E-state index contributed by atoms with van der Waals surface area (Å²) in [5.74, 6) is -0.559. The summed E-state index contributed by atoms with van der Waals surface area (Å²) in [5, 5.41) is 9.88. The molecule has 1 heterocycles. The van der Waals surface area contributed by atoms with E-state index in [1.54, 1.807) is 30.3 Å². The highest BCUT2D eigenvalue weighted by Gasteiger charge is 2.17. The molecule has 0 bridgehead atoms. The molecule has 0 aliphatic carbocycles. The van der Waals surface area contributed by atoms with Gasteiger partial charge in [-0.05, 0) is 29.8 Å². The van der Waals surface area contributed by atoms with Gasteiger partial charge in [0.05, 0.1) is 22.0 Å². The average Bonchev–Trinajstić information content (AvgIpc) is 3.14. The minimum atomic E-state index is -3.48. The van der Waals surface area contributed by atoms with Crippen LogP contribution in [0.1, 0.15) is 11.5 Å². The quantitative estimate of drug-likeness (QED) is 0.548. The molecule has 0 spiro atoms. The number of amides is 1. The van der Waals surface area contributed by atoms with Crippen LogP contribution in [0.4, 0.5) is 6.01 Å². The number of anilines is 1. The van der Waals surface area contributed by atoms with Gasteiger partial charge in [0.25, 0.3) is 0 Å². The SMILES string of the molecule is CS(=O)(=O)c1ccc(CC(=O)Nc2nnc(CCS(=O)(=O)c3ccccc3)o2)cc1. The van der Waals surface area contributed by atoms with Gasteiger partial charge in [0.1, 0.15) is 0 Å². The van der Waals surface area contributed by atoms with Crippen molar-refractivity contribution < 1.29 is 26.0 Å². The van der Waals surface area contributed by atoms with Crippen LogP contribution >= 0.6 is 0 Å². The van der Waals surface area contributed by atoms with Crippen LogP contribution in [0.2, 0.25) is 0 Å². The maximum Gasteiger partial charge on any atom is 0.322 e. The van der Waals surface area contributed by atoms with Crippen molar-refractivity contribution in [2.45, 2.75) is 22.6 Å². The van der Waals surface area contributed by atoms with Crippen molar-refractivity contribution in [3.63, 3.8) is 0 Å². The van der Waals surface area contributed by atoms with Gasteiger partial charge in [-0.2, -0.15) is 0 Å². The predicted octanol–water partition coefficient (Wildman–Crippen LogP) is 1.67. The van der Waals surface area contributed by atoms with E-state index >= 15 is 0 Å². The first-order valence-corrected chi connectivity index (χ1v) is 12.4. The number of aromatic nitrogens is 2. The molecule has 0 fully saturated rings. The average molecular weight is 450 g/mol. The molecule has 2 aromatic carbocycles. The Morgan fingerprint density at radius 3 is 2.23 bits per heavy atom. The number of nitrogens with one attached hydrogen (secondary N) is 1. The number of aryl methyl sites for hydroxylation is 1. The van der Waals surface area contributed by atoms with Gasteiger partial charge in [0, 0.05) is 12.7 Å². The predicted molar refractivity (Wildman–Crippen MR) is 108 cm³/mol. The molecule has 0 atom stereocenters. The molecule has 0 radical (unpaired) electrons. The molecule has 3 rings (SSSR count). The van der Waals surface area contributed by atoms with Gasteiger partial charge in [0.2, 0.25) is 11.8 Å². The Kier molecular flexibility index (Phi) is 6.32. The van der Waals surface area contributed by atoms with E-state index in [4.69, 9.17) is 4.42 Å². The van der Waals surface area contributed by atoms with E-state index in [1.807, 2.05) is 0 Å². The summed E-state index contributed by atoms with van der Waals surface area (Å²) in [4.78, 5) is 12.5. The van der Waals surface area contributed by atoms with Gasteiger partial charge in [0.15, 0.2) is 19.7 Å². The lowest BCUT2D eigenvalue weighted by molar-refractivity contribution is -0.115. The molecule has 3 aromatic rings. The molecule has 30 heavy (non-hydrogen) atoms. The van der Waals surface area contributed by atoms with Crippen molar-refractivity contribution in [2.75, 3.05) is 17.3 Å². The zero-order valence-electron chi connectivity index (χ0n) is 16.0. The Bertz CT molecular complexity index is 1230. The number of carbonyl (C=O) groups excluding carboxylic acids is 1. The second-order valence-electron chi connectivity index (χ2n) is 6.52. The number of nitrogens with zero attached hydrogens (tertiary/aromatic N) is 2. The first-order chi connectivity index (χ1) is 14.1. The smallest absolute Gasteiger partial charge is 0.322 e. The lowest BCUT2D eigenvalue weighted by atomic mass is 10.1. The second-order valence-corrected chi connectivity index (χ2v) is 10.6. The zero-order valence-corrected chi connectivity index (χ0v) is 17.6. The van der Waals surface area contributed by atoms with Crippen LogP contribution in [0.25, 0.3) is 0 Å². The molecule has 0 aliphatic rings. The normalized spacial score (nSPS) is 11.9. The molecule has 0 saturated heterocycles. The third kappa shape index (κ3) is 5.74. The molecule has 11 heteroatoms. The number of sulfone groups is 2. The number of carbonyl (C=O) groups is 1. The standard InChI is InChI=1S/C19H19N3O6S2/c1-29(24,25)15-9-7-14(8-10-15)13-17(23)20-19-22-21-18(28-19)11-12-30(26,27)16-5-3-2-4-6-16/h2-10H,11-13H2,1H3,(H,20,22,23). The van der Waals surface area contributed by atoms with Gasteiger partial charge in [-0.3, -0.25) is 10.1 Å². The zero-order chi connectivity index (χ0) is 21.8. The molecule has 0 unspecified atom stereocenters. The maximum absolute atomic E-state index is 12.3. The van der Waals surface area contributed by atoms with E-state index in [1.165, 1.54) is 24.3 Å². The highest BCUT2D eigenvalue weighted by Crippen LogP contribution is 2.14. The van der Waals surface area contributed by atoms with Crippen molar-refractivity contribution in [3.8, 4) is 0 Å². The maximum atomic E-state index is 12.3. The van der Waals surface area contributed by atoms with Gasteiger partial charge in [-0.1, -0.05) is 35.4 Å². The molecule has 1 amide bonds. The summed E-state index contributed by atoms with van der Waals surface area (Å²) in [6.07, 6.45) is 1.09. The summed E-state index contributed by atoms with van der Waals surface area (Å²) in [6, 6.07) is 13.8. The van der Waals surface area contributed by atoms with Crippen LogP contribution in [0.15, 0.2) is 68.8 Å². The van der Waals surface area contributed by atoms with Gasteiger partial charge in [-0.25, -0.2) is 16.8 Å². The Hall–Kier alpha value is -3.05. The van der Waals surface area contributed by atoms with E-state index in [0.717, 1.165) is 6.26 Å². The van der Waals surface area contributed by atoms with Crippen LogP contribution in [0.3, 0.4) is 0 Å². The Morgan fingerprint density at radius 1 is 0.933 bits per heavy atom. The Balaban J connectivity index is 1.55. The summed E-state index contributed by atoms with van der Waals surface area (Å²) >= 11 is 0. The Morgan fingerprint density at radius 2 is 1.60 bits per heavy atom. The summed E-state index contributed by atoms with van der Waals surface area (Å²) in [7, 11) is -6.79. The van der Waals surface area contributed by atoms with Gasteiger partial charge >= 0.3 is 6.01 Å². The Labute approximate surface area is 174 Å². The van der Waals surface area contributed by atoms with E-state index in [-0.39, 0.29) is 40.3 Å². The number of hydrogen-bond donors (Lipinski definition) is 1. The van der Waals surface area contributed by atoms with Crippen LogP contribution in [0, 0.1) is 0 Å². The molecule has 1 aromatic heterocycles. The number of hydrogen-bond acceptors (Lipinski definition) is 8. The van der Waals surface area contributed by atoms with E-state index < -0.39 is 25.6 Å². The van der Waals surface area contributed by atoms with Crippen molar-refractivity contribution in [1.29, 1.82) is 0 Å². The molecule has 9 nitrogen and oxygen atoms in total. The third-order valence-corrected chi connectivity index (χ3v) is 6.98. The largest absolute Gasteiger partial charge is 0.408 e. The highest BCUT2D eigenvalue weighted by atomic mass is 32.2. The van der Waals surface area contributed by atoms with Gasteiger partial charge < -0.3 is 4.42 Å². The van der Waals surface area contributed by atoms with Gasteiger partial charge in [-0.15, -0.1) is 5.10 Å². The minimum Gasteiger partial charge on any atom is -0.408 e. The topological polar surface area (TPSA) is 136 Å². The molecular formula is C19H19N3O6S2. The second kappa shape index (κ2) is 8.76. The molecule has 1 N–H and O–H groups in total. The molecule has 158 valence electrons. The van der Waals surface area contributed by atoms with Crippen molar-refractivity contribution in [3.05, 3.63) is 66.1 Å². The van der Waals surface area contributed by atoms with E-state index in [2.05, 4.69) is 15.5 Å². The third-order valence-electron chi connectivity index (χ3n) is 4.12. The van der Waals surface area contributed by atoms with E-state index in [9.17, 15) is 21.6 Å². The number of rotatable bonds is 8. The molecule has 0 aliphatic heterocycles. The number of benzene rings is 2. The van der Waals surface area contributed by atoms with Crippen LogP contribution in [-0.2, 0) is 37.3 Å². The minimum absolute atomic E-state index is 0.00700. The monoisotopic (exact) mass is 449 g/mol. The fourth-order valence-electron chi connectivity index (χ4n) is 2.58. The lowest BCUT2D eigenvalue weighted by Crippen LogP contribution is -2.14.